The quantitative estimate of drug-likeness (QED) is 0.764. The van der Waals surface area contributed by atoms with Crippen molar-refractivity contribution in [2.24, 2.45) is 0 Å². The summed E-state index contributed by atoms with van der Waals surface area (Å²) >= 11 is 0. The molecule has 0 aromatic heterocycles. The van der Waals surface area contributed by atoms with Gasteiger partial charge in [-0.1, -0.05) is 30.3 Å². The van der Waals surface area contributed by atoms with E-state index in [9.17, 15) is 10.2 Å². The number of nitrogens with zero attached hydrogens (tertiary/aromatic N) is 1. The van der Waals surface area contributed by atoms with E-state index in [1.165, 1.54) is 5.69 Å². The largest absolute Gasteiger partial charge is 0.390 e. The van der Waals surface area contributed by atoms with Crippen LogP contribution < -0.4 is 10.2 Å². The van der Waals surface area contributed by atoms with Crippen LogP contribution in [0.15, 0.2) is 54.6 Å². The average molecular weight is 326 g/mol. The Morgan fingerprint density at radius 1 is 0.875 bits per heavy atom. The molecule has 0 heterocycles. The van der Waals surface area contributed by atoms with Crippen molar-refractivity contribution in [3.63, 3.8) is 0 Å². The van der Waals surface area contributed by atoms with Crippen LogP contribution in [0, 0.1) is 0 Å². The molecule has 0 bridgehead atoms. The molecule has 1 aliphatic carbocycles. The van der Waals surface area contributed by atoms with Crippen LogP contribution in [-0.4, -0.2) is 41.6 Å². The number of anilines is 2. The van der Waals surface area contributed by atoms with E-state index in [0.29, 0.717) is 0 Å². The van der Waals surface area contributed by atoms with Crippen LogP contribution in [0.2, 0.25) is 0 Å². The lowest BCUT2D eigenvalue weighted by molar-refractivity contribution is -0.0661. The maximum Gasteiger partial charge on any atom is 0.0860 e. The van der Waals surface area contributed by atoms with Gasteiger partial charge in [-0.25, -0.2) is 0 Å². The van der Waals surface area contributed by atoms with Gasteiger partial charge in [0.2, 0.25) is 0 Å². The highest BCUT2D eigenvalue weighted by Crippen LogP contribution is 2.39. The number of aliphatic hydroxyl groups excluding tert-OH is 2. The van der Waals surface area contributed by atoms with Crippen LogP contribution >= 0.6 is 0 Å². The molecule has 0 spiro atoms. The highest BCUT2D eigenvalue weighted by atomic mass is 16.3. The first kappa shape index (κ1) is 16.8. The smallest absolute Gasteiger partial charge is 0.0860 e. The van der Waals surface area contributed by atoms with Crippen molar-refractivity contribution in [3.05, 3.63) is 60.2 Å². The first-order valence-electron chi connectivity index (χ1n) is 8.68. The fraction of sp³-hybridized carbons (Fsp3) is 0.400. The fourth-order valence-electron chi connectivity index (χ4n) is 3.49. The summed E-state index contributed by atoms with van der Waals surface area (Å²) in [7, 11) is 0. The second-order valence-electron chi connectivity index (χ2n) is 6.31. The fourth-order valence-corrected chi connectivity index (χ4v) is 3.49. The van der Waals surface area contributed by atoms with Crippen molar-refractivity contribution in [3.8, 4) is 0 Å². The summed E-state index contributed by atoms with van der Waals surface area (Å²) in [6, 6.07) is 17.5. The summed E-state index contributed by atoms with van der Waals surface area (Å²) in [5.41, 5.74) is 3.07. The Morgan fingerprint density at radius 3 is 2.00 bits per heavy atom. The third-order valence-corrected chi connectivity index (χ3v) is 4.99. The Bertz CT molecular complexity index is 630. The molecule has 0 saturated heterocycles. The van der Waals surface area contributed by atoms with Gasteiger partial charge in [-0.15, -0.1) is 0 Å². The third kappa shape index (κ3) is 3.12. The highest BCUT2D eigenvalue weighted by molar-refractivity contribution is 5.50. The van der Waals surface area contributed by atoms with Gasteiger partial charge in [0, 0.05) is 30.4 Å². The molecule has 4 nitrogen and oxygen atoms in total. The predicted octanol–water partition coefficient (Wildman–Crippen LogP) is 2.83. The molecule has 1 fully saturated rings. The maximum atomic E-state index is 10.5. The number of aliphatic hydroxyl groups is 2. The number of benzene rings is 2. The van der Waals surface area contributed by atoms with Gasteiger partial charge in [-0.05, 0) is 43.7 Å². The van der Waals surface area contributed by atoms with E-state index in [0.717, 1.165) is 24.3 Å². The zero-order valence-corrected chi connectivity index (χ0v) is 14.3. The maximum absolute atomic E-state index is 10.5. The topological polar surface area (TPSA) is 55.7 Å². The van der Waals surface area contributed by atoms with E-state index in [1.54, 1.807) is 0 Å². The van der Waals surface area contributed by atoms with E-state index < -0.39 is 12.2 Å². The monoisotopic (exact) mass is 326 g/mol. The molecule has 2 aromatic carbocycles. The Morgan fingerprint density at radius 2 is 1.46 bits per heavy atom. The normalized spacial score (nSPS) is 25.8. The molecule has 3 rings (SSSR count). The molecule has 2 unspecified atom stereocenters. The van der Waals surface area contributed by atoms with E-state index in [4.69, 9.17) is 0 Å². The van der Waals surface area contributed by atoms with Gasteiger partial charge >= 0.3 is 0 Å². The lowest BCUT2D eigenvalue weighted by Gasteiger charge is -2.47. The molecule has 3 N–H and O–H groups in total. The molecule has 0 amide bonds. The van der Waals surface area contributed by atoms with Crippen LogP contribution in [0.4, 0.5) is 11.4 Å². The summed E-state index contributed by atoms with van der Waals surface area (Å²) in [6.45, 7) is 6.20. The Balaban J connectivity index is 1.68. The van der Waals surface area contributed by atoms with Crippen LogP contribution in [0.3, 0.4) is 0 Å². The van der Waals surface area contributed by atoms with Crippen LogP contribution in [0.5, 0.6) is 0 Å². The van der Waals surface area contributed by atoms with Crippen molar-refractivity contribution >= 4 is 11.4 Å². The molecule has 4 heteroatoms. The Kier molecular flexibility index (Phi) is 5.07. The van der Waals surface area contributed by atoms with Gasteiger partial charge in [0.25, 0.3) is 0 Å². The first-order chi connectivity index (χ1) is 11.7. The third-order valence-electron chi connectivity index (χ3n) is 4.99. The molecule has 1 aliphatic rings. The Hall–Kier alpha value is -2.04. The van der Waals surface area contributed by atoms with E-state index in [2.05, 4.69) is 36.2 Å². The minimum absolute atomic E-state index is 0.239. The summed E-state index contributed by atoms with van der Waals surface area (Å²) < 4.78 is 0. The molecule has 0 radical (unpaired) electrons. The number of nitrogens with one attached hydrogen (secondary N) is 1. The van der Waals surface area contributed by atoms with Crippen molar-refractivity contribution < 1.29 is 10.2 Å². The summed E-state index contributed by atoms with van der Waals surface area (Å²) in [6.07, 6.45) is -1.20. The lowest BCUT2D eigenvalue weighted by atomic mass is 9.70. The number of hydrogen-bond donors (Lipinski definition) is 3. The first-order valence-corrected chi connectivity index (χ1v) is 8.68. The van der Waals surface area contributed by atoms with Gasteiger partial charge in [-0.3, -0.25) is 0 Å². The molecule has 2 aromatic rings. The predicted molar refractivity (Wildman–Crippen MR) is 98.6 cm³/mol. The summed E-state index contributed by atoms with van der Waals surface area (Å²) in [5.74, 6) is -0.239. The van der Waals surface area contributed by atoms with Crippen molar-refractivity contribution in [2.75, 3.05) is 23.3 Å². The van der Waals surface area contributed by atoms with Crippen molar-refractivity contribution in [1.82, 2.24) is 0 Å². The van der Waals surface area contributed by atoms with E-state index >= 15 is 0 Å². The van der Waals surface area contributed by atoms with Crippen molar-refractivity contribution in [1.29, 1.82) is 0 Å². The SMILES string of the molecule is CCN(CC)c1ccc(C2C(O)C(Nc3ccccc3)C2O)cc1. The lowest BCUT2D eigenvalue weighted by Crippen LogP contribution is -2.61. The minimum atomic E-state index is -0.598. The van der Waals surface area contributed by atoms with Crippen LogP contribution in [0.1, 0.15) is 25.3 Å². The highest BCUT2D eigenvalue weighted by Gasteiger charge is 2.49. The second kappa shape index (κ2) is 7.24. The van der Waals surface area contributed by atoms with Gasteiger partial charge < -0.3 is 20.4 Å². The molecule has 0 aliphatic heterocycles. The molecule has 1 saturated carbocycles. The number of rotatable bonds is 6. The summed E-state index contributed by atoms with van der Waals surface area (Å²) in [5, 5.41) is 24.2. The average Bonchev–Trinajstić information content (AvgIpc) is 2.63. The van der Waals surface area contributed by atoms with E-state index in [-0.39, 0.29) is 12.0 Å². The molecular weight excluding hydrogens is 300 g/mol. The molecule has 24 heavy (non-hydrogen) atoms. The molecular formula is C20H26N2O2. The molecule has 2 atom stereocenters. The summed E-state index contributed by atoms with van der Waals surface area (Å²) in [4.78, 5) is 2.27. The van der Waals surface area contributed by atoms with Crippen molar-refractivity contribution in [2.45, 2.75) is 38.0 Å². The zero-order chi connectivity index (χ0) is 17.1. The van der Waals surface area contributed by atoms with Gasteiger partial charge in [0.15, 0.2) is 0 Å². The number of hydrogen-bond acceptors (Lipinski definition) is 4. The van der Waals surface area contributed by atoms with E-state index in [1.807, 2.05) is 42.5 Å². The molecule has 128 valence electrons. The number of para-hydroxylation sites is 1. The Labute approximate surface area is 143 Å². The van der Waals surface area contributed by atoms with Gasteiger partial charge in [0.1, 0.15) is 0 Å². The van der Waals surface area contributed by atoms with Crippen LogP contribution in [-0.2, 0) is 0 Å². The van der Waals surface area contributed by atoms with Gasteiger partial charge in [0.05, 0.1) is 18.2 Å². The second-order valence-corrected chi connectivity index (χ2v) is 6.31. The van der Waals surface area contributed by atoms with Gasteiger partial charge in [-0.2, -0.15) is 0 Å². The van der Waals surface area contributed by atoms with Crippen LogP contribution in [0.25, 0.3) is 0 Å². The zero-order valence-electron chi connectivity index (χ0n) is 14.3. The minimum Gasteiger partial charge on any atom is -0.390 e. The standard InChI is InChI=1S/C20H26N2O2/c1-3-22(4-2)16-12-10-14(11-13-16)17-19(23)18(20(17)24)21-15-8-6-5-7-9-15/h5-13,17-21,23-24H,3-4H2,1-2H3.